The van der Waals surface area contributed by atoms with Crippen molar-refractivity contribution in [2.24, 2.45) is 5.10 Å². The number of hydrazone groups is 1. The zero-order valence-corrected chi connectivity index (χ0v) is 12.4. The first kappa shape index (κ1) is 15.3. The molecule has 0 radical (unpaired) electrons. The zero-order chi connectivity index (χ0) is 15.2. The molecule has 2 amide bonds. The number of nitrogens with zero attached hydrogens (tertiary/aromatic N) is 1. The molecule has 0 spiro atoms. The Bertz CT molecular complexity index is 587. The highest BCUT2D eigenvalue weighted by Gasteiger charge is 2.17. The minimum atomic E-state index is -0.264. The number of benzene rings is 1. The van der Waals surface area contributed by atoms with E-state index in [1.807, 2.05) is 12.1 Å². The lowest BCUT2D eigenvalue weighted by Gasteiger charge is -2.12. The average molecular weight is 310 g/mol. The molecule has 0 fully saturated rings. The van der Waals surface area contributed by atoms with Gasteiger partial charge in [0.15, 0.2) is 0 Å². The van der Waals surface area contributed by atoms with Crippen LogP contribution in [0.5, 0.6) is 5.75 Å². The molecular formula is C14H16ClN3O3. The van der Waals surface area contributed by atoms with Crippen LogP contribution in [0.3, 0.4) is 0 Å². The maximum absolute atomic E-state index is 11.8. The Morgan fingerprint density at radius 1 is 1.48 bits per heavy atom. The molecule has 0 saturated heterocycles. The molecule has 2 rings (SSSR count). The lowest BCUT2D eigenvalue weighted by molar-refractivity contribution is -0.121. The van der Waals surface area contributed by atoms with Crippen LogP contribution in [0.25, 0.3) is 0 Å². The fraction of sp³-hybridized carbons (Fsp3) is 0.357. The summed E-state index contributed by atoms with van der Waals surface area (Å²) >= 11 is 6.12. The van der Waals surface area contributed by atoms with E-state index in [1.54, 1.807) is 13.2 Å². The van der Waals surface area contributed by atoms with Gasteiger partial charge in [-0.2, -0.15) is 5.10 Å². The van der Waals surface area contributed by atoms with Gasteiger partial charge in [0, 0.05) is 24.4 Å². The summed E-state index contributed by atoms with van der Waals surface area (Å²) in [6.07, 6.45) is 1.26. The van der Waals surface area contributed by atoms with E-state index in [4.69, 9.17) is 16.3 Å². The minimum Gasteiger partial charge on any atom is -0.497 e. The molecule has 7 heteroatoms. The molecule has 0 aliphatic carbocycles. The normalized spacial score (nSPS) is 14.2. The molecular weight excluding hydrogens is 294 g/mol. The van der Waals surface area contributed by atoms with Crippen molar-refractivity contribution >= 4 is 29.1 Å². The molecule has 0 bridgehead atoms. The predicted octanol–water partition coefficient (Wildman–Crippen LogP) is 1.27. The summed E-state index contributed by atoms with van der Waals surface area (Å²) in [7, 11) is 1.58. The summed E-state index contributed by atoms with van der Waals surface area (Å²) in [5.74, 6) is 0.260. The molecule has 112 valence electrons. The third-order valence-electron chi connectivity index (χ3n) is 3.11. The second-order valence-corrected chi connectivity index (χ2v) is 4.96. The van der Waals surface area contributed by atoms with E-state index in [0.717, 1.165) is 5.56 Å². The van der Waals surface area contributed by atoms with Crippen LogP contribution in [0.4, 0.5) is 0 Å². The fourth-order valence-corrected chi connectivity index (χ4v) is 2.17. The van der Waals surface area contributed by atoms with Crippen LogP contribution in [-0.2, 0) is 16.0 Å². The average Bonchev–Trinajstić information content (AvgIpc) is 2.49. The number of hydrogen-bond donors (Lipinski definition) is 2. The second kappa shape index (κ2) is 7.08. The van der Waals surface area contributed by atoms with Gasteiger partial charge in [-0.15, -0.1) is 0 Å². The van der Waals surface area contributed by atoms with E-state index < -0.39 is 0 Å². The van der Waals surface area contributed by atoms with Crippen molar-refractivity contribution in [3.8, 4) is 5.75 Å². The SMILES string of the molecule is COc1ccc(CCNC(=O)C2=NNC(=O)CC2)c(Cl)c1. The molecule has 6 nitrogen and oxygen atoms in total. The zero-order valence-electron chi connectivity index (χ0n) is 11.6. The first-order valence-electron chi connectivity index (χ1n) is 6.56. The standard InChI is InChI=1S/C14H16ClN3O3/c1-21-10-3-2-9(11(15)8-10)6-7-16-14(20)12-4-5-13(19)18-17-12/h2-3,8H,4-7H2,1H3,(H,16,20)(H,18,19). The number of halogens is 1. The van der Waals surface area contributed by atoms with E-state index in [1.165, 1.54) is 0 Å². The van der Waals surface area contributed by atoms with E-state index in [-0.39, 0.29) is 18.2 Å². The van der Waals surface area contributed by atoms with Crippen molar-refractivity contribution in [2.45, 2.75) is 19.3 Å². The molecule has 0 atom stereocenters. The summed E-state index contributed by atoms with van der Waals surface area (Å²) < 4.78 is 5.08. The number of methoxy groups -OCH3 is 1. The first-order chi connectivity index (χ1) is 10.1. The summed E-state index contributed by atoms with van der Waals surface area (Å²) in [6, 6.07) is 5.43. The van der Waals surface area contributed by atoms with Gasteiger partial charge in [-0.25, -0.2) is 5.43 Å². The number of ether oxygens (including phenoxy) is 1. The largest absolute Gasteiger partial charge is 0.497 e. The third kappa shape index (κ3) is 4.19. The monoisotopic (exact) mass is 309 g/mol. The van der Waals surface area contributed by atoms with Gasteiger partial charge in [-0.1, -0.05) is 17.7 Å². The number of nitrogens with one attached hydrogen (secondary N) is 2. The molecule has 0 aromatic heterocycles. The van der Waals surface area contributed by atoms with E-state index >= 15 is 0 Å². The molecule has 1 aromatic carbocycles. The highest BCUT2D eigenvalue weighted by Crippen LogP contribution is 2.22. The Morgan fingerprint density at radius 2 is 2.29 bits per heavy atom. The topological polar surface area (TPSA) is 79.8 Å². The maximum Gasteiger partial charge on any atom is 0.267 e. The number of rotatable bonds is 5. The fourth-order valence-electron chi connectivity index (χ4n) is 1.91. The Morgan fingerprint density at radius 3 is 2.90 bits per heavy atom. The van der Waals surface area contributed by atoms with Gasteiger partial charge in [-0.05, 0) is 24.1 Å². The Hall–Kier alpha value is -2.08. The summed E-state index contributed by atoms with van der Waals surface area (Å²) in [4.78, 5) is 22.8. The van der Waals surface area contributed by atoms with Gasteiger partial charge < -0.3 is 10.1 Å². The Kier molecular flexibility index (Phi) is 5.16. The molecule has 1 aromatic rings. The molecule has 2 N–H and O–H groups in total. The Balaban J connectivity index is 1.84. The van der Waals surface area contributed by atoms with Gasteiger partial charge in [-0.3, -0.25) is 9.59 Å². The van der Waals surface area contributed by atoms with E-state index in [2.05, 4.69) is 15.8 Å². The van der Waals surface area contributed by atoms with E-state index in [9.17, 15) is 9.59 Å². The lowest BCUT2D eigenvalue weighted by atomic mass is 10.1. The smallest absolute Gasteiger partial charge is 0.267 e. The minimum absolute atomic E-state index is 0.170. The van der Waals surface area contributed by atoms with Crippen LogP contribution in [0.15, 0.2) is 23.3 Å². The maximum atomic E-state index is 11.8. The summed E-state index contributed by atoms with van der Waals surface area (Å²) in [6.45, 7) is 0.442. The van der Waals surface area contributed by atoms with Crippen LogP contribution >= 0.6 is 11.6 Å². The van der Waals surface area contributed by atoms with E-state index in [0.29, 0.717) is 35.9 Å². The van der Waals surface area contributed by atoms with Crippen molar-refractivity contribution in [1.29, 1.82) is 0 Å². The van der Waals surface area contributed by atoms with Gasteiger partial charge >= 0.3 is 0 Å². The first-order valence-corrected chi connectivity index (χ1v) is 6.94. The summed E-state index contributed by atoms with van der Waals surface area (Å²) in [5.41, 5.74) is 3.57. The number of hydrogen-bond acceptors (Lipinski definition) is 4. The molecule has 0 unspecified atom stereocenters. The number of carbonyl (C=O) groups excluding carboxylic acids is 2. The van der Waals surface area contributed by atoms with Crippen molar-refractivity contribution in [1.82, 2.24) is 10.7 Å². The Labute approximate surface area is 127 Å². The molecule has 1 aliphatic heterocycles. The van der Waals surface area contributed by atoms with Gasteiger partial charge in [0.2, 0.25) is 5.91 Å². The number of amides is 2. The van der Waals surface area contributed by atoms with Crippen LogP contribution in [0.2, 0.25) is 5.02 Å². The number of carbonyl (C=O) groups is 2. The third-order valence-corrected chi connectivity index (χ3v) is 3.46. The lowest BCUT2D eigenvalue weighted by Crippen LogP contribution is -2.37. The quantitative estimate of drug-likeness (QED) is 0.859. The van der Waals surface area contributed by atoms with Crippen LogP contribution in [-0.4, -0.2) is 31.2 Å². The van der Waals surface area contributed by atoms with Crippen LogP contribution in [0, 0.1) is 0 Å². The van der Waals surface area contributed by atoms with Crippen molar-refractivity contribution < 1.29 is 14.3 Å². The van der Waals surface area contributed by atoms with Gasteiger partial charge in [0.1, 0.15) is 11.5 Å². The van der Waals surface area contributed by atoms with Crippen molar-refractivity contribution in [3.63, 3.8) is 0 Å². The van der Waals surface area contributed by atoms with Gasteiger partial charge in [0.05, 0.1) is 7.11 Å². The molecule has 0 saturated carbocycles. The highest BCUT2D eigenvalue weighted by molar-refractivity contribution is 6.39. The molecule has 1 heterocycles. The predicted molar refractivity (Wildman–Crippen MR) is 79.5 cm³/mol. The molecule has 1 aliphatic rings. The highest BCUT2D eigenvalue weighted by atomic mass is 35.5. The van der Waals surface area contributed by atoms with Crippen molar-refractivity contribution in [2.75, 3.05) is 13.7 Å². The van der Waals surface area contributed by atoms with Crippen LogP contribution < -0.4 is 15.5 Å². The van der Waals surface area contributed by atoms with Gasteiger partial charge in [0.25, 0.3) is 5.91 Å². The van der Waals surface area contributed by atoms with Crippen molar-refractivity contribution in [3.05, 3.63) is 28.8 Å². The summed E-state index contributed by atoms with van der Waals surface area (Å²) in [5, 5.41) is 7.10. The molecule has 21 heavy (non-hydrogen) atoms. The van der Waals surface area contributed by atoms with Crippen LogP contribution in [0.1, 0.15) is 18.4 Å². The second-order valence-electron chi connectivity index (χ2n) is 4.56.